The van der Waals surface area contributed by atoms with Crippen molar-refractivity contribution in [2.45, 2.75) is 5.92 Å². The molecule has 1 aromatic carbocycles. The van der Waals surface area contributed by atoms with Gasteiger partial charge in [0.15, 0.2) is 0 Å². The maximum atomic E-state index is 12.0. The predicted octanol–water partition coefficient (Wildman–Crippen LogP) is 1.65. The maximum Gasteiger partial charge on any atom is 0.237 e. The van der Waals surface area contributed by atoms with E-state index < -0.39 is 0 Å². The highest BCUT2D eigenvalue weighted by Gasteiger charge is 2.30. The van der Waals surface area contributed by atoms with Crippen LogP contribution >= 0.6 is 11.3 Å². The number of carbonyl (C=O) groups is 1. The second-order valence-corrected chi connectivity index (χ2v) is 4.47. The monoisotopic (exact) mass is 247 g/mol. The molecule has 2 heterocycles. The van der Waals surface area contributed by atoms with E-state index in [-0.39, 0.29) is 11.8 Å². The zero-order valence-corrected chi connectivity index (χ0v) is 9.61. The summed E-state index contributed by atoms with van der Waals surface area (Å²) < 4.78 is 5.46. The second kappa shape index (κ2) is 4.14. The van der Waals surface area contributed by atoms with Crippen molar-refractivity contribution in [3.05, 3.63) is 35.3 Å². The van der Waals surface area contributed by atoms with Gasteiger partial charge >= 0.3 is 0 Å². The number of hydrogen-bond acceptors (Lipinski definition) is 5. The van der Waals surface area contributed by atoms with Gasteiger partial charge in [-0.1, -0.05) is 29.5 Å². The summed E-state index contributed by atoms with van der Waals surface area (Å²) in [6, 6.07) is 7.57. The third-order valence-corrected chi connectivity index (χ3v) is 3.21. The minimum absolute atomic E-state index is 0.105. The summed E-state index contributed by atoms with van der Waals surface area (Å²) in [4.78, 5) is 12.0. The minimum Gasteiger partial charge on any atom is -0.492 e. The molecule has 2 aromatic rings. The SMILES string of the molecule is O=C(Nc1nncs1)C1COc2ccccc21. The Morgan fingerprint density at radius 1 is 1.47 bits per heavy atom. The van der Waals surface area contributed by atoms with Gasteiger partial charge < -0.3 is 4.74 Å². The van der Waals surface area contributed by atoms with Gasteiger partial charge in [0, 0.05) is 5.56 Å². The number of aromatic nitrogens is 2. The maximum absolute atomic E-state index is 12.0. The molecule has 1 amide bonds. The van der Waals surface area contributed by atoms with Crippen LogP contribution in [-0.4, -0.2) is 22.7 Å². The second-order valence-electron chi connectivity index (χ2n) is 3.63. The summed E-state index contributed by atoms with van der Waals surface area (Å²) in [6.07, 6.45) is 0. The average molecular weight is 247 g/mol. The Morgan fingerprint density at radius 2 is 2.35 bits per heavy atom. The third-order valence-electron chi connectivity index (χ3n) is 2.61. The van der Waals surface area contributed by atoms with E-state index in [2.05, 4.69) is 15.5 Å². The van der Waals surface area contributed by atoms with E-state index in [1.54, 1.807) is 5.51 Å². The van der Waals surface area contributed by atoms with Crippen molar-refractivity contribution < 1.29 is 9.53 Å². The zero-order valence-electron chi connectivity index (χ0n) is 8.79. The molecule has 0 saturated carbocycles. The molecule has 1 aliphatic rings. The highest BCUT2D eigenvalue weighted by atomic mass is 32.1. The van der Waals surface area contributed by atoms with Gasteiger partial charge in [-0.15, -0.1) is 10.2 Å². The van der Waals surface area contributed by atoms with Gasteiger partial charge in [-0.2, -0.15) is 0 Å². The molecular formula is C11H9N3O2S. The Bertz CT molecular complexity index is 541. The van der Waals surface area contributed by atoms with Crippen molar-refractivity contribution in [2.75, 3.05) is 11.9 Å². The Labute approximate surface area is 101 Å². The van der Waals surface area contributed by atoms with Crippen LogP contribution in [-0.2, 0) is 4.79 Å². The number of nitrogens with zero attached hydrogens (tertiary/aromatic N) is 2. The average Bonchev–Trinajstić information content (AvgIpc) is 2.96. The van der Waals surface area contributed by atoms with Crippen LogP contribution in [0, 0.1) is 0 Å². The van der Waals surface area contributed by atoms with Crippen LogP contribution in [0.1, 0.15) is 11.5 Å². The van der Waals surface area contributed by atoms with Crippen LogP contribution in [0.3, 0.4) is 0 Å². The van der Waals surface area contributed by atoms with E-state index in [4.69, 9.17) is 4.74 Å². The standard InChI is InChI=1S/C11H9N3O2S/c15-10(13-11-14-12-6-17-11)8-5-16-9-4-2-1-3-7(8)9/h1-4,6,8H,5H2,(H,13,14,15). The first-order chi connectivity index (χ1) is 8.34. The number of rotatable bonds is 2. The number of hydrogen-bond donors (Lipinski definition) is 1. The lowest BCUT2D eigenvalue weighted by molar-refractivity contribution is -0.117. The number of ether oxygens (including phenoxy) is 1. The van der Waals surface area contributed by atoms with E-state index in [9.17, 15) is 4.79 Å². The van der Waals surface area contributed by atoms with Gasteiger partial charge in [-0.05, 0) is 6.07 Å². The van der Waals surface area contributed by atoms with Gasteiger partial charge in [0.25, 0.3) is 0 Å². The quantitative estimate of drug-likeness (QED) is 0.876. The van der Waals surface area contributed by atoms with Gasteiger partial charge in [0.1, 0.15) is 23.8 Å². The van der Waals surface area contributed by atoms with Crippen LogP contribution in [0.4, 0.5) is 5.13 Å². The smallest absolute Gasteiger partial charge is 0.237 e. The highest BCUT2D eigenvalue weighted by Crippen LogP contribution is 2.34. The number of benzene rings is 1. The minimum atomic E-state index is -0.268. The fourth-order valence-corrected chi connectivity index (χ4v) is 2.25. The van der Waals surface area contributed by atoms with Crippen molar-refractivity contribution in [1.82, 2.24) is 10.2 Å². The molecule has 5 nitrogen and oxygen atoms in total. The summed E-state index contributed by atoms with van der Waals surface area (Å²) in [5, 5.41) is 10.7. The number of fused-ring (bicyclic) bond motifs is 1. The van der Waals surface area contributed by atoms with Crippen LogP contribution in [0.25, 0.3) is 0 Å². The highest BCUT2D eigenvalue weighted by molar-refractivity contribution is 7.13. The van der Waals surface area contributed by atoms with Crippen molar-refractivity contribution in [2.24, 2.45) is 0 Å². The lowest BCUT2D eigenvalue weighted by Gasteiger charge is -2.07. The molecule has 0 radical (unpaired) electrons. The number of amides is 1. The summed E-state index contributed by atoms with van der Waals surface area (Å²) in [5.74, 6) is 0.409. The lowest BCUT2D eigenvalue weighted by Crippen LogP contribution is -2.22. The molecule has 0 spiro atoms. The predicted molar refractivity (Wildman–Crippen MR) is 63.2 cm³/mol. The Kier molecular flexibility index (Phi) is 2.49. The van der Waals surface area contributed by atoms with Crippen LogP contribution in [0.5, 0.6) is 5.75 Å². The molecular weight excluding hydrogens is 238 g/mol. The Balaban J connectivity index is 1.80. The molecule has 1 N–H and O–H groups in total. The molecule has 0 fully saturated rings. The summed E-state index contributed by atoms with van der Waals surface area (Å²) in [5.41, 5.74) is 2.50. The largest absolute Gasteiger partial charge is 0.492 e. The van der Waals surface area contributed by atoms with E-state index in [1.807, 2.05) is 24.3 Å². The number of anilines is 1. The van der Waals surface area contributed by atoms with E-state index in [0.29, 0.717) is 11.7 Å². The van der Waals surface area contributed by atoms with Crippen molar-refractivity contribution in [3.63, 3.8) is 0 Å². The third kappa shape index (κ3) is 1.87. The molecule has 0 bridgehead atoms. The molecule has 0 saturated heterocycles. The fraction of sp³-hybridized carbons (Fsp3) is 0.182. The number of carbonyl (C=O) groups excluding carboxylic acids is 1. The first kappa shape index (κ1) is 10.2. The Hall–Kier alpha value is -1.95. The molecule has 17 heavy (non-hydrogen) atoms. The van der Waals surface area contributed by atoms with Crippen molar-refractivity contribution in [3.8, 4) is 5.75 Å². The first-order valence-corrected chi connectivity index (χ1v) is 6.01. The fourth-order valence-electron chi connectivity index (χ4n) is 1.80. The molecule has 0 aliphatic carbocycles. The topological polar surface area (TPSA) is 64.1 Å². The molecule has 1 atom stereocenters. The normalized spacial score (nSPS) is 17.3. The van der Waals surface area contributed by atoms with Gasteiger partial charge in [-0.25, -0.2) is 0 Å². The van der Waals surface area contributed by atoms with E-state index >= 15 is 0 Å². The zero-order chi connectivity index (χ0) is 11.7. The summed E-state index contributed by atoms with van der Waals surface area (Å²) in [6.45, 7) is 0.379. The molecule has 1 aliphatic heterocycles. The van der Waals surface area contributed by atoms with Gasteiger partial charge in [0.05, 0.1) is 0 Å². The van der Waals surface area contributed by atoms with Crippen LogP contribution in [0.15, 0.2) is 29.8 Å². The molecule has 86 valence electrons. The van der Waals surface area contributed by atoms with Crippen molar-refractivity contribution in [1.29, 1.82) is 0 Å². The van der Waals surface area contributed by atoms with Gasteiger partial charge in [0.2, 0.25) is 11.0 Å². The molecule has 1 unspecified atom stereocenters. The van der Waals surface area contributed by atoms with Crippen LogP contribution < -0.4 is 10.1 Å². The summed E-state index contributed by atoms with van der Waals surface area (Å²) in [7, 11) is 0. The van der Waals surface area contributed by atoms with Crippen LogP contribution in [0.2, 0.25) is 0 Å². The first-order valence-electron chi connectivity index (χ1n) is 5.13. The van der Waals surface area contributed by atoms with E-state index in [0.717, 1.165) is 11.3 Å². The molecule has 3 rings (SSSR count). The lowest BCUT2D eigenvalue weighted by atomic mass is 10.0. The number of para-hydroxylation sites is 1. The molecule has 6 heteroatoms. The Morgan fingerprint density at radius 3 is 3.18 bits per heavy atom. The number of nitrogens with one attached hydrogen (secondary N) is 1. The summed E-state index contributed by atoms with van der Waals surface area (Å²) >= 11 is 1.30. The van der Waals surface area contributed by atoms with Gasteiger partial charge in [-0.3, -0.25) is 10.1 Å². The van der Waals surface area contributed by atoms with E-state index in [1.165, 1.54) is 11.3 Å². The van der Waals surface area contributed by atoms with Crippen molar-refractivity contribution >= 4 is 22.4 Å². The molecule has 1 aromatic heterocycles.